The lowest BCUT2D eigenvalue weighted by atomic mass is 10.3. The molecule has 7 N–H and O–H groups in total. The maximum absolute atomic E-state index is 11.5. The van der Waals surface area contributed by atoms with Crippen LogP contribution in [0.3, 0.4) is 0 Å². The lowest BCUT2D eigenvalue weighted by molar-refractivity contribution is 0.251. The van der Waals surface area contributed by atoms with Crippen LogP contribution in [0.1, 0.15) is 18.5 Å². The van der Waals surface area contributed by atoms with Crippen LogP contribution in [0.5, 0.6) is 0 Å². The Bertz CT molecular complexity index is 526. The standard InChI is InChI=1S/C11H19N7O2/c1-7-6-8(19)17-10(16-7)18-11(20)15-5-3-2-4-14-9(12)13/h6H,2-5H2,1H3,(H4,12,13,14)(H3,15,16,17,18,19,20). The van der Waals surface area contributed by atoms with E-state index in [-0.39, 0.29) is 11.9 Å². The Morgan fingerprint density at radius 3 is 2.65 bits per heavy atom. The smallest absolute Gasteiger partial charge is 0.321 e. The molecule has 0 aliphatic rings. The van der Waals surface area contributed by atoms with E-state index in [0.29, 0.717) is 18.8 Å². The zero-order valence-corrected chi connectivity index (χ0v) is 11.2. The molecule has 0 aliphatic carbocycles. The van der Waals surface area contributed by atoms with Crippen LogP contribution < -0.4 is 27.2 Å². The van der Waals surface area contributed by atoms with Crippen LogP contribution in [0.4, 0.5) is 10.7 Å². The molecular weight excluding hydrogens is 262 g/mol. The van der Waals surface area contributed by atoms with Crippen LogP contribution in [-0.4, -0.2) is 35.0 Å². The molecule has 0 bridgehead atoms. The summed E-state index contributed by atoms with van der Waals surface area (Å²) in [4.78, 5) is 29.1. The number of H-pyrrole nitrogens is 1. The average Bonchev–Trinajstić information content (AvgIpc) is 2.31. The Morgan fingerprint density at radius 2 is 2.05 bits per heavy atom. The summed E-state index contributed by atoms with van der Waals surface area (Å²) in [6.07, 6.45) is 1.52. The second-order valence-electron chi connectivity index (χ2n) is 4.18. The fourth-order valence-corrected chi connectivity index (χ4v) is 1.46. The molecule has 110 valence electrons. The van der Waals surface area contributed by atoms with Crippen LogP contribution in [0.25, 0.3) is 0 Å². The number of guanidine groups is 1. The molecule has 9 heteroatoms. The normalized spacial score (nSPS) is 9.85. The Hall–Kier alpha value is -2.58. The van der Waals surface area contributed by atoms with E-state index in [1.54, 1.807) is 6.92 Å². The van der Waals surface area contributed by atoms with Gasteiger partial charge >= 0.3 is 6.03 Å². The maximum atomic E-state index is 11.5. The first-order valence-corrected chi connectivity index (χ1v) is 6.18. The molecule has 2 amide bonds. The van der Waals surface area contributed by atoms with Gasteiger partial charge in [0.2, 0.25) is 5.95 Å². The second-order valence-corrected chi connectivity index (χ2v) is 4.18. The number of aromatic amines is 1. The average molecular weight is 281 g/mol. The van der Waals surface area contributed by atoms with Crippen molar-refractivity contribution in [3.05, 3.63) is 22.1 Å². The summed E-state index contributed by atoms with van der Waals surface area (Å²) in [7, 11) is 0. The van der Waals surface area contributed by atoms with Crippen LogP contribution in [0.15, 0.2) is 10.9 Å². The van der Waals surface area contributed by atoms with E-state index in [9.17, 15) is 9.59 Å². The van der Waals surface area contributed by atoms with E-state index in [4.69, 9.17) is 11.1 Å². The van der Waals surface area contributed by atoms with Crippen molar-refractivity contribution in [2.45, 2.75) is 19.8 Å². The highest BCUT2D eigenvalue weighted by atomic mass is 16.2. The number of aromatic nitrogens is 2. The van der Waals surface area contributed by atoms with E-state index in [1.807, 2.05) is 0 Å². The van der Waals surface area contributed by atoms with Gasteiger partial charge < -0.3 is 21.4 Å². The molecule has 0 saturated heterocycles. The van der Waals surface area contributed by atoms with Gasteiger partial charge in [0.1, 0.15) is 0 Å². The van der Waals surface area contributed by atoms with Gasteiger partial charge in [0.05, 0.1) is 0 Å². The number of unbranched alkanes of at least 4 members (excludes halogenated alkanes) is 1. The monoisotopic (exact) mass is 281 g/mol. The van der Waals surface area contributed by atoms with Crippen LogP contribution in [0, 0.1) is 12.3 Å². The van der Waals surface area contributed by atoms with Crippen molar-refractivity contribution in [3.63, 3.8) is 0 Å². The summed E-state index contributed by atoms with van der Waals surface area (Å²) in [5.74, 6) is 0.0518. The molecular formula is C11H19N7O2. The maximum Gasteiger partial charge on any atom is 0.321 e. The van der Waals surface area contributed by atoms with Crippen molar-refractivity contribution in [2.75, 3.05) is 18.4 Å². The summed E-state index contributed by atoms with van der Waals surface area (Å²) in [6.45, 7) is 2.76. The van der Waals surface area contributed by atoms with Gasteiger partial charge in [-0.15, -0.1) is 0 Å². The third-order valence-electron chi connectivity index (χ3n) is 2.31. The van der Waals surface area contributed by atoms with Gasteiger partial charge in [-0.1, -0.05) is 0 Å². The quantitative estimate of drug-likeness (QED) is 0.235. The number of aryl methyl sites for hydroxylation is 1. The van der Waals surface area contributed by atoms with Gasteiger partial charge in [-0.3, -0.25) is 15.5 Å². The van der Waals surface area contributed by atoms with Crippen molar-refractivity contribution in [1.82, 2.24) is 20.6 Å². The highest BCUT2D eigenvalue weighted by molar-refractivity contribution is 5.87. The molecule has 0 aliphatic heterocycles. The molecule has 0 unspecified atom stereocenters. The number of carbonyl (C=O) groups is 1. The number of amides is 2. The lowest BCUT2D eigenvalue weighted by Gasteiger charge is -2.07. The number of hydrogen-bond acceptors (Lipinski definition) is 4. The Labute approximate surface area is 115 Å². The zero-order chi connectivity index (χ0) is 15.0. The number of nitrogens with one attached hydrogen (secondary N) is 5. The number of nitrogens with zero attached hydrogens (tertiary/aromatic N) is 1. The Kier molecular flexibility index (Phi) is 6.01. The molecule has 0 fully saturated rings. The zero-order valence-electron chi connectivity index (χ0n) is 11.2. The fourth-order valence-electron chi connectivity index (χ4n) is 1.46. The Balaban J connectivity index is 2.23. The van der Waals surface area contributed by atoms with Gasteiger partial charge in [-0.2, -0.15) is 4.98 Å². The van der Waals surface area contributed by atoms with Gasteiger partial charge in [0, 0.05) is 24.8 Å². The predicted molar refractivity (Wildman–Crippen MR) is 75.8 cm³/mol. The van der Waals surface area contributed by atoms with E-state index in [0.717, 1.165) is 12.8 Å². The molecule has 1 rings (SSSR count). The van der Waals surface area contributed by atoms with E-state index in [1.165, 1.54) is 6.07 Å². The molecule has 0 radical (unpaired) electrons. The van der Waals surface area contributed by atoms with Crippen molar-refractivity contribution in [2.24, 2.45) is 5.73 Å². The van der Waals surface area contributed by atoms with E-state index >= 15 is 0 Å². The third-order valence-corrected chi connectivity index (χ3v) is 2.31. The number of hydrogen-bond donors (Lipinski definition) is 6. The topological polar surface area (TPSA) is 149 Å². The minimum absolute atomic E-state index is 0.0646. The summed E-state index contributed by atoms with van der Waals surface area (Å²) < 4.78 is 0. The number of urea groups is 1. The van der Waals surface area contributed by atoms with Crippen LogP contribution in [-0.2, 0) is 0 Å². The molecule has 20 heavy (non-hydrogen) atoms. The fraction of sp³-hybridized carbons (Fsp3) is 0.455. The second kappa shape index (κ2) is 7.77. The van der Waals surface area contributed by atoms with Crippen molar-refractivity contribution in [3.8, 4) is 0 Å². The van der Waals surface area contributed by atoms with E-state index < -0.39 is 11.6 Å². The number of anilines is 1. The van der Waals surface area contributed by atoms with E-state index in [2.05, 4.69) is 25.9 Å². The molecule has 0 atom stereocenters. The molecule has 9 nitrogen and oxygen atoms in total. The van der Waals surface area contributed by atoms with Crippen molar-refractivity contribution >= 4 is 17.9 Å². The summed E-state index contributed by atoms with van der Waals surface area (Å²) >= 11 is 0. The third kappa shape index (κ3) is 6.38. The molecule has 0 spiro atoms. The van der Waals surface area contributed by atoms with Gasteiger partial charge in [0.25, 0.3) is 5.56 Å². The molecule has 1 aromatic rings. The van der Waals surface area contributed by atoms with Gasteiger partial charge in [-0.25, -0.2) is 4.79 Å². The van der Waals surface area contributed by atoms with Crippen molar-refractivity contribution in [1.29, 1.82) is 5.41 Å². The molecule has 1 aromatic heterocycles. The van der Waals surface area contributed by atoms with Crippen LogP contribution >= 0.6 is 0 Å². The number of nitrogens with two attached hydrogens (primary N) is 1. The first kappa shape index (κ1) is 15.5. The number of carbonyl (C=O) groups excluding carboxylic acids is 1. The highest BCUT2D eigenvalue weighted by Gasteiger charge is 2.03. The Morgan fingerprint density at radius 1 is 1.40 bits per heavy atom. The SMILES string of the molecule is Cc1cc(=O)nc(NC(=O)NCCCCNC(=N)N)[nH]1. The van der Waals surface area contributed by atoms with Gasteiger partial charge in [-0.05, 0) is 19.8 Å². The predicted octanol–water partition coefficient (Wildman–Crippen LogP) is -0.537. The summed E-state index contributed by atoms with van der Waals surface area (Å²) in [5.41, 5.74) is 5.33. The molecule has 1 heterocycles. The minimum Gasteiger partial charge on any atom is -0.370 e. The van der Waals surface area contributed by atoms with Crippen molar-refractivity contribution < 1.29 is 4.79 Å². The molecule has 0 aromatic carbocycles. The first-order chi connectivity index (χ1) is 9.47. The van der Waals surface area contributed by atoms with Crippen LogP contribution in [0.2, 0.25) is 0 Å². The summed E-state index contributed by atoms with van der Waals surface area (Å²) in [6, 6.07) is 0.906. The molecule has 0 saturated carbocycles. The minimum atomic E-state index is -0.432. The lowest BCUT2D eigenvalue weighted by Crippen LogP contribution is -2.33. The highest BCUT2D eigenvalue weighted by Crippen LogP contribution is 1.95. The van der Waals surface area contributed by atoms with Gasteiger partial charge in [0.15, 0.2) is 5.96 Å². The largest absolute Gasteiger partial charge is 0.370 e. The first-order valence-electron chi connectivity index (χ1n) is 6.18. The summed E-state index contributed by atoms with van der Waals surface area (Å²) in [5, 5.41) is 14.7. The number of rotatable bonds is 6.